The molecule has 2 N–H and O–H groups in total. The number of nitrogens with zero attached hydrogens (tertiary/aromatic N) is 1. The number of carbonyl (C=O) groups excluding carboxylic acids is 2. The first-order chi connectivity index (χ1) is 9.42. The zero-order valence-electron chi connectivity index (χ0n) is 11.4. The van der Waals surface area contributed by atoms with E-state index in [1.165, 1.54) is 18.1 Å². The average Bonchev–Trinajstić information content (AvgIpc) is 2.78. The van der Waals surface area contributed by atoms with Gasteiger partial charge in [-0.15, -0.1) is 0 Å². The molecule has 1 aliphatic heterocycles. The van der Waals surface area contributed by atoms with Crippen LogP contribution in [0.3, 0.4) is 0 Å². The molecule has 0 aliphatic carbocycles. The number of rotatable bonds is 2. The highest BCUT2D eigenvalue weighted by molar-refractivity contribution is 5.95. The van der Waals surface area contributed by atoms with Crippen LogP contribution in [0.4, 0.5) is 10.1 Å². The van der Waals surface area contributed by atoms with Gasteiger partial charge >= 0.3 is 5.97 Å². The predicted octanol–water partition coefficient (Wildman–Crippen LogP) is 1.29. The van der Waals surface area contributed by atoms with E-state index in [-0.39, 0.29) is 41.5 Å². The van der Waals surface area contributed by atoms with E-state index in [2.05, 4.69) is 0 Å². The number of hydrogen-bond acceptors (Lipinski definition) is 4. The number of methoxy groups -OCH3 is 1. The number of anilines is 1. The Labute approximate surface area is 116 Å². The fourth-order valence-electron chi connectivity index (χ4n) is 2.51. The van der Waals surface area contributed by atoms with Crippen LogP contribution in [0.15, 0.2) is 18.2 Å². The lowest BCUT2D eigenvalue weighted by Crippen LogP contribution is -2.30. The van der Waals surface area contributed by atoms with E-state index < -0.39 is 5.82 Å². The Morgan fingerprint density at radius 1 is 1.35 bits per heavy atom. The second-order valence-corrected chi connectivity index (χ2v) is 5.09. The zero-order chi connectivity index (χ0) is 14.9. The van der Waals surface area contributed by atoms with Gasteiger partial charge in [0, 0.05) is 24.3 Å². The topological polar surface area (TPSA) is 72.6 Å². The summed E-state index contributed by atoms with van der Waals surface area (Å²) in [5, 5.41) is 0. The minimum atomic E-state index is -0.551. The number of halogens is 1. The summed E-state index contributed by atoms with van der Waals surface area (Å²) < 4.78 is 18.0. The van der Waals surface area contributed by atoms with E-state index in [0.717, 1.165) is 12.1 Å². The molecule has 0 radical (unpaired) electrons. The quantitative estimate of drug-likeness (QED) is 0.654. The van der Waals surface area contributed by atoms with Gasteiger partial charge in [0.2, 0.25) is 0 Å². The minimum Gasteiger partial charge on any atom is -0.469 e. The molecule has 6 heteroatoms. The fraction of sp³-hybridized carbons (Fsp3) is 0.429. The molecular weight excluding hydrogens is 263 g/mol. The van der Waals surface area contributed by atoms with Crippen LogP contribution in [0.2, 0.25) is 0 Å². The molecule has 2 atom stereocenters. The third-order valence-electron chi connectivity index (χ3n) is 3.57. The molecule has 2 rings (SSSR count). The summed E-state index contributed by atoms with van der Waals surface area (Å²) in [6.45, 7) is 2.60. The molecule has 0 bridgehead atoms. The van der Waals surface area contributed by atoms with E-state index in [1.54, 1.807) is 0 Å². The third kappa shape index (κ3) is 2.74. The monoisotopic (exact) mass is 280 g/mol. The molecule has 0 aromatic heterocycles. The van der Waals surface area contributed by atoms with Gasteiger partial charge in [-0.2, -0.15) is 0 Å². The highest BCUT2D eigenvalue weighted by atomic mass is 19.1. The maximum atomic E-state index is 13.3. The van der Waals surface area contributed by atoms with Gasteiger partial charge in [-0.05, 0) is 24.1 Å². The Morgan fingerprint density at radius 2 is 2.05 bits per heavy atom. The molecule has 1 saturated heterocycles. The van der Waals surface area contributed by atoms with Gasteiger partial charge in [0.1, 0.15) is 5.82 Å². The van der Waals surface area contributed by atoms with Gasteiger partial charge in [0.05, 0.1) is 13.0 Å². The average molecular weight is 280 g/mol. The third-order valence-corrected chi connectivity index (χ3v) is 3.57. The number of carbonyl (C=O) groups is 2. The molecule has 108 valence electrons. The number of amides is 1. The SMILES string of the molecule is COC(=O)C1CN(C(=O)c2cc(N)cc(F)c2)CC1C. The Kier molecular flexibility index (Phi) is 3.92. The van der Waals surface area contributed by atoms with Crippen molar-refractivity contribution in [2.24, 2.45) is 11.8 Å². The summed E-state index contributed by atoms with van der Waals surface area (Å²) in [5.74, 6) is -1.53. The highest BCUT2D eigenvalue weighted by Gasteiger charge is 2.37. The predicted molar refractivity (Wildman–Crippen MR) is 71.4 cm³/mol. The van der Waals surface area contributed by atoms with Crippen molar-refractivity contribution in [3.63, 3.8) is 0 Å². The summed E-state index contributed by atoms with van der Waals surface area (Å²) in [6.07, 6.45) is 0. The first-order valence-electron chi connectivity index (χ1n) is 6.35. The van der Waals surface area contributed by atoms with Gasteiger partial charge in [-0.1, -0.05) is 6.92 Å². The van der Waals surface area contributed by atoms with Crippen molar-refractivity contribution in [2.45, 2.75) is 6.92 Å². The van der Waals surface area contributed by atoms with Crippen LogP contribution in [0.25, 0.3) is 0 Å². The van der Waals surface area contributed by atoms with Crippen LogP contribution in [0.5, 0.6) is 0 Å². The standard InChI is InChI=1S/C14H17FN2O3/c1-8-6-17(7-12(8)14(19)20-2)13(18)9-3-10(15)5-11(16)4-9/h3-5,8,12H,6-7,16H2,1-2H3. The molecule has 1 amide bonds. The molecule has 2 unspecified atom stereocenters. The molecule has 1 aliphatic rings. The molecular formula is C14H17FN2O3. The van der Waals surface area contributed by atoms with E-state index in [1.807, 2.05) is 6.92 Å². The smallest absolute Gasteiger partial charge is 0.310 e. The highest BCUT2D eigenvalue weighted by Crippen LogP contribution is 2.26. The number of ether oxygens (including phenoxy) is 1. The summed E-state index contributed by atoms with van der Waals surface area (Å²) in [7, 11) is 1.33. The number of nitrogen functional groups attached to an aromatic ring is 1. The van der Waals surface area contributed by atoms with Crippen molar-refractivity contribution in [3.8, 4) is 0 Å². The Balaban J connectivity index is 2.16. The van der Waals surface area contributed by atoms with Gasteiger partial charge in [0.15, 0.2) is 0 Å². The van der Waals surface area contributed by atoms with Crippen LogP contribution in [-0.4, -0.2) is 37.0 Å². The summed E-state index contributed by atoms with van der Waals surface area (Å²) in [4.78, 5) is 25.4. The molecule has 5 nitrogen and oxygen atoms in total. The number of esters is 1. The van der Waals surface area contributed by atoms with Crippen LogP contribution in [-0.2, 0) is 9.53 Å². The molecule has 1 aromatic rings. The fourth-order valence-corrected chi connectivity index (χ4v) is 2.51. The van der Waals surface area contributed by atoms with Crippen molar-refractivity contribution >= 4 is 17.6 Å². The van der Waals surface area contributed by atoms with E-state index in [4.69, 9.17) is 10.5 Å². The van der Waals surface area contributed by atoms with Crippen LogP contribution in [0.1, 0.15) is 17.3 Å². The second-order valence-electron chi connectivity index (χ2n) is 5.09. The molecule has 0 spiro atoms. The lowest BCUT2D eigenvalue weighted by Gasteiger charge is -2.16. The number of likely N-dealkylation sites (tertiary alicyclic amines) is 1. The Hall–Kier alpha value is -2.11. The van der Waals surface area contributed by atoms with Crippen LogP contribution in [0, 0.1) is 17.7 Å². The van der Waals surface area contributed by atoms with E-state index in [0.29, 0.717) is 6.54 Å². The van der Waals surface area contributed by atoms with Crippen molar-refractivity contribution < 1.29 is 18.7 Å². The Morgan fingerprint density at radius 3 is 2.65 bits per heavy atom. The first-order valence-corrected chi connectivity index (χ1v) is 6.35. The van der Waals surface area contributed by atoms with Crippen molar-refractivity contribution in [1.82, 2.24) is 4.90 Å². The van der Waals surface area contributed by atoms with E-state index in [9.17, 15) is 14.0 Å². The molecule has 0 saturated carbocycles. The van der Waals surface area contributed by atoms with Crippen LogP contribution >= 0.6 is 0 Å². The largest absolute Gasteiger partial charge is 0.469 e. The summed E-state index contributed by atoms with van der Waals surface area (Å²) >= 11 is 0. The Bertz CT molecular complexity index is 527. The summed E-state index contributed by atoms with van der Waals surface area (Å²) in [6, 6.07) is 3.73. The van der Waals surface area contributed by atoms with Crippen molar-refractivity contribution in [2.75, 3.05) is 25.9 Å². The molecule has 1 heterocycles. The van der Waals surface area contributed by atoms with Gasteiger partial charge < -0.3 is 15.4 Å². The van der Waals surface area contributed by atoms with E-state index >= 15 is 0 Å². The minimum absolute atomic E-state index is 0.0114. The maximum Gasteiger partial charge on any atom is 0.310 e. The number of benzene rings is 1. The number of nitrogens with two attached hydrogens (primary N) is 1. The zero-order valence-corrected chi connectivity index (χ0v) is 11.4. The molecule has 1 aromatic carbocycles. The normalized spacial score (nSPS) is 21.9. The van der Waals surface area contributed by atoms with Crippen molar-refractivity contribution in [3.05, 3.63) is 29.6 Å². The van der Waals surface area contributed by atoms with Gasteiger partial charge in [0.25, 0.3) is 5.91 Å². The molecule has 1 fully saturated rings. The lowest BCUT2D eigenvalue weighted by atomic mass is 9.99. The van der Waals surface area contributed by atoms with Crippen LogP contribution < -0.4 is 5.73 Å². The molecule has 20 heavy (non-hydrogen) atoms. The second kappa shape index (κ2) is 5.48. The summed E-state index contributed by atoms with van der Waals surface area (Å²) in [5.41, 5.74) is 5.93. The maximum absolute atomic E-state index is 13.3. The van der Waals surface area contributed by atoms with Gasteiger partial charge in [-0.3, -0.25) is 9.59 Å². The van der Waals surface area contributed by atoms with Crippen molar-refractivity contribution in [1.29, 1.82) is 0 Å². The first kappa shape index (κ1) is 14.3. The lowest BCUT2D eigenvalue weighted by molar-refractivity contribution is -0.146. The number of hydrogen-bond donors (Lipinski definition) is 1. The van der Waals surface area contributed by atoms with Gasteiger partial charge in [-0.25, -0.2) is 4.39 Å².